The summed E-state index contributed by atoms with van der Waals surface area (Å²) in [7, 11) is 0. The monoisotopic (exact) mass is 127 g/mol. The van der Waals surface area contributed by atoms with Crippen molar-refractivity contribution >= 4 is 0 Å². The van der Waals surface area contributed by atoms with Crippen LogP contribution in [0.4, 0.5) is 0 Å². The average molecular weight is 127 g/mol. The normalized spacial score (nSPS) is 9.44. The second-order valence-electron chi connectivity index (χ2n) is 2.02. The molecule has 0 saturated carbocycles. The SMILES string of the molecule is [CH]=CCOCCCCC. The van der Waals surface area contributed by atoms with E-state index in [0.29, 0.717) is 6.61 Å². The number of unbranched alkanes of at least 4 members (excludes halogenated alkanes) is 2. The van der Waals surface area contributed by atoms with E-state index in [1.165, 1.54) is 18.9 Å². The highest BCUT2D eigenvalue weighted by Gasteiger charge is 1.83. The Balaban J connectivity index is 2.66. The summed E-state index contributed by atoms with van der Waals surface area (Å²) < 4.78 is 5.10. The molecule has 0 unspecified atom stereocenters. The molecule has 1 radical (unpaired) electrons. The molecule has 0 aromatic rings. The number of hydrogen-bond donors (Lipinski definition) is 0. The fraction of sp³-hybridized carbons (Fsp3) is 0.750. The molecule has 0 spiro atoms. The smallest absolute Gasteiger partial charge is 0.0650 e. The molecule has 0 saturated heterocycles. The zero-order chi connectivity index (χ0) is 6.95. The highest BCUT2D eigenvalue weighted by atomic mass is 16.5. The van der Waals surface area contributed by atoms with Crippen LogP contribution in [-0.2, 0) is 4.74 Å². The minimum atomic E-state index is 0.587. The molecule has 0 aromatic heterocycles. The van der Waals surface area contributed by atoms with Gasteiger partial charge in [0.2, 0.25) is 0 Å². The van der Waals surface area contributed by atoms with Gasteiger partial charge in [-0.2, -0.15) is 0 Å². The van der Waals surface area contributed by atoms with Crippen LogP contribution in [0.2, 0.25) is 0 Å². The Bertz CT molecular complexity index is 59.6. The van der Waals surface area contributed by atoms with Gasteiger partial charge in [-0.25, -0.2) is 0 Å². The molecular weight excluding hydrogens is 112 g/mol. The molecule has 0 bridgehead atoms. The quantitative estimate of drug-likeness (QED) is 0.497. The van der Waals surface area contributed by atoms with Crippen molar-refractivity contribution in [3.8, 4) is 0 Å². The van der Waals surface area contributed by atoms with Crippen LogP contribution < -0.4 is 0 Å². The van der Waals surface area contributed by atoms with Gasteiger partial charge in [0.05, 0.1) is 6.61 Å². The summed E-state index contributed by atoms with van der Waals surface area (Å²) in [6.07, 6.45) is 5.19. The molecular formula is C8H15O. The predicted molar refractivity (Wildman–Crippen MR) is 39.2 cm³/mol. The standard InChI is InChI=1S/C8H15O/c1-3-5-6-8-9-7-4-2/h2,4H,3,5-8H2,1H3. The van der Waals surface area contributed by atoms with Crippen LogP contribution >= 0.6 is 0 Å². The molecule has 0 rings (SSSR count). The maximum Gasteiger partial charge on any atom is 0.0650 e. The minimum absolute atomic E-state index is 0.587. The van der Waals surface area contributed by atoms with Gasteiger partial charge in [0.25, 0.3) is 0 Å². The molecule has 0 aliphatic carbocycles. The highest BCUT2D eigenvalue weighted by molar-refractivity contribution is 4.58. The molecule has 0 aliphatic rings. The third-order valence-electron chi connectivity index (χ3n) is 1.11. The zero-order valence-electron chi connectivity index (χ0n) is 6.10. The van der Waals surface area contributed by atoms with Crippen molar-refractivity contribution < 1.29 is 4.74 Å². The first-order valence-electron chi connectivity index (χ1n) is 3.53. The summed E-state index contributed by atoms with van der Waals surface area (Å²) in [6.45, 7) is 8.70. The molecule has 0 aromatic carbocycles. The highest BCUT2D eigenvalue weighted by Crippen LogP contribution is 1.93. The van der Waals surface area contributed by atoms with E-state index in [1.807, 2.05) is 0 Å². The van der Waals surface area contributed by atoms with Gasteiger partial charge in [-0.05, 0) is 6.42 Å². The lowest BCUT2D eigenvalue weighted by molar-refractivity contribution is 0.157. The molecule has 0 fully saturated rings. The number of hydrogen-bond acceptors (Lipinski definition) is 1. The molecule has 0 amide bonds. The molecule has 0 N–H and O–H groups in total. The van der Waals surface area contributed by atoms with Crippen LogP contribution in [0.3, 0.4) is 0 Å². The fourth-order valence-corrected chi connectivity index (χ4v) is 0.605. The van der Waals surface area contributed by atoms with Gasteiger partial charge in [-0.3, -0.25) is 0 Å². The fourth-order valence-electron chi connectivity index (χ4n) is 0.605. The Kier molecular flexibility index (Phi) is 7.44. The van der Waals surface area contributed by atoms with Crippen LogP contribution in [0.15, 0.2) is 6.08 Å². The molecule has 0 aliphatic heterocycles. The van der Waals surface area contributed by atoms with Crippen molar-refractivity contribution in [3.05, 3.63) is 12.7 Å². The van der Waals surface area contributed by atoms with Crippen LogP contribution in [0.25, 0.3) is 0 Å². The second kappa shape index (κ2) is 7.70. The largest absolute Gasteiger partial charge is 0.377 e. The van der Waals surface area contributed by atoms with Gasteiger partial charge in [-0.1, -0.05) is 32.4 Å². The van der Waals surface area contributed by atoms with E-state index >= 15 is 0 Å². The summed E-state index contributed by atoms with van der Waals surface area (Å²) in [6, 6.07) is 0. The van der Waals surface area contributed by atoms with E-state index in [9.17, 15) is 0 Å². The van der Waals surface area contributed by atoms with Gasteiger partial charge in [0, 0.05) is 6.61 Å². The molecule has 1 nitrogen and oxygen atoms in total. The lowest BCUT2D eigenvalue weighted by atomic mass is 10.3. The molecule has 9 heavy (non-hydrogen) atoms. The maximum absolute atomic E-state index is 5.10. The van der Waals surface area contributed by atoms with Crippen molar-refractivity contribution in [1.29, 1.82) is 0 Å². The Morgan fingerprint density at radius 1 is 1.44 bits per heavy atom. The first kappa shape index (κ1) is 8.70. The predicted octanol–water partition coefficient (Wildman–Crippen LogP) is 2.18. The van der Waals surface area contributed by atoms with Crippen molar-refractivity contribution in [2.75, 3.05) is 13.2 Å². The molecule has 1 heteroatoms. The van der Waals surface area contributed by atoms with Crippen LogP contribution in [0.5, 0.6) is 0 Å². The van der Waals surface area contributed by atoms with E-state index in [-0.39, 0.29) is 0 Å². The Morgan fingerprint density at radius 2 is 2.22 bits per heavy atom. The summed E-state index contributed by atoms with van der Waals surface area (Å²) >= 11 is 0. The van der Waals surface area contributed by atoms with E-state index in [1.54, 1.807) is 0 Å². The third-order valence-corrected chi connectivity index (χ3v) is 1.11. The topological polar surface area (TPSA) is 9.23 Å². The Hall–Kier alpha value is -0.300. The van der Waals surface area contributed by atoms with Crippen LogP contribution in [0, 0.1) is 6.58 Å². The van der Waals surface area contributed by atoms with Crippen molar-refractivity contribution in [1.82, 2.24) is 0 Å². The minimum Gasteiger partial charge on any atom is -0.377 e. The molecule has 53 valence electrons. The maximum atomic E-state index is 5.10. The van der Waals surface area contributed by atoms with Crippen molar-refractivity contribution in [2.45, 2.75) is 26.2 Å². The molecule has 0 atom stereocenters. The van der Waals surface area contributed by atoms with E-state index in [0.717, 1.165) is 13.0 Å². The first-order chi connectivity index (χ1) is 4.41. The Morgan fingerprint density at radius 3 is 2.78 bits per heavy atom. The Labute approximate surface area is 57.7 Å². The summed E-state index contributed by atoms with van der Waals surface area (Å²) in [5.41, 5.74) is 0. The van der Waals surface area contributed by atoms with Gasteiger partial charge in [0.15, 0.2) is 0 Å². The number of ether oxygens (including phenoxy) is 1. The van der Waals surface area contributed by atoms with Crippen molar-refractivity contribution in [2.24, 2.45) is 0 Å². The zero-order valence-corrected chi connectivity index (χ0v) is 6.10. The number of rotatable bonds is 6. The van der Waals surface area contributed by atoms with Gasteiger partial charge < -0.3 is 4.74 Å². The average Bonchev–Trinajstić information content (AvgIpc) is 1.89. The van der Waals surface area contributed by atoms with Gasteiger partial charge in [-0.15, -0.1) is 0 Å². The van der Waals surface area contributed by atoms with Gasteiger partial charge in [0.1, 0.15) is 0 Å². The van der Waals surface area contributed by atoms with Crippen LogP contribution in [0.1, 0.15) is 26.2 Å². The lowest BCUT2D eigenvalue weighted by Gasteiger charge is -1.97. The summed E-state index contributed by atoms with van der Waals surface area (Å²) in [5.74, 6) is 0. The molecule has 0 heterocycles. The van der Waals surface area contributed by atoms with Gasteiger partial charge >= 0.3 is 0 Å². The third kappa shape index (κ3) is 7.70. The summed E-state index contributed by atoms with van der Waals surface area (Å²) in [4.78, 5) is 0. The second-order valence-corrected chi connectivity index (χ2v) is 2.02. The van der Waals surface area contributed by atoms with E-state index < -0.39 is 0 Å². The van der Waals surface area contributed by atoms with E-state index in [4.69, 9.17) is 11.3 Å². The first-order valence-corrected chi connectivity index (χ1v) is 3.53. The summed E-state index contributed by atoms with van der Waals surface area (Å²) in [5, 5.41) is 0. The van der Waals surface area contributed by atoms with E-state index in [2.05, 4.69) is 6.92 Å². The van der Waals surface area contributed by atoms with Crippen LogP contribution in [-0.4, -0.2) is 13.2 Å². The lowest BCUT2D eigenvalue weighted by Crippen LogP contribution is -1.92. The van der Waals surface area contributed by atoms with Crippen molar-refractivity contribution in [3.63, 3.8) is 0 Å².